The van der Waals surface area contributed by atoms with Gasteiger partial charge < -0.3 is 10.5 Å². The highest BCUT2D eigenvalue weighted by Gasteiger charge is 2.10. The highest BCUT2D eigenvalue weighted by molar-refractivity contribution is 5.69. The van der Waals surface area contributed by atoms with E-state index in [-0.39, 0.29) is 12.1 Å². The van der Waals surface area contributed by atoms with E-state index in [0.717, 1.165) is 19.3 Å². The Balaban J connectivity index is 3.50. The monoisotopic (exact) mass is 201 g/mol. The first kappa shape index (κ1) is 13.4. The number of ether oxygens (including phenoxy) is 1. The molecule has 3 heteroatoms. The average Bonchev–Trinajstić information content (AvgIpc) is 2.02. The maximum absolute atomic E-state index is 11.2. The summed E-state index contributed by atoms with van der Waals surface area (Å²) < 4.78 is 5.23. The predicted molar refractivity (Wildman–Crippen MR) is 57.9 cm³/mol. The second kappa shape index (κ2) is 7.80. The maximum atomic E-state index is 11.2. The largest absolute Gasteiger partial charge is 0.463 e. The summed E-state index contributed by atoms with van der Waals surface area (Å²) in [5.74, 6) is 0.480. The van der Waals surface area contributed by atoms with Crippen LogP contribution in [-0.4, -0.2) is 18.6 Å². The van der Waals surface area contributed by atoms with Crippen LogP contribution in [0.1, 0.15) is 46.5 Å². The number of hydrogen-bond acceptors (Lipinski definition) is 3. The van der Waals surface area contributed by atoms with Crippen molar-refractivity contribution in [1.82, 2.24) is 0 Å². The van der Waals surface area contributed by atoms with Gasteiger partial charge in [-0.15, -0.1) is 0 Å². The fourth-order valence-corrected chi connectivity index (χ4v) is 1.41. The van der Waals surface area contributed by atoms with Gasteiger partial charge in [-0.2, -0.15) is 0 Å². The lowest BCUT2D eigenvalue weighted by Crippen LogP contribution is -2.16. The predicted octanol–water partition coefficient (Wildman–Crippen LogP) is 2.09. The van der Waals surface area contributed by atoms with Crippen LogP contribution < -0.4 is 5.73 Å². The zero-order valence-electron chi connectivity index (χ0n) is 9.58. The third-order valence-electron chi connectivity index (χ3n) is 1.97. The maximum Gasteiger partial charge on any atom is 0.306 e. The van der Waals surface area contributed by atoms with Crippen LogP contribution in [0.15, 0.2) is 0 Å². The van der Waals surface area contributed by atoms with Crippen molar-refractivity contribution in [2.45, 2.75) is 52.6 Å². The SMILES string of the molecule is CC(C)CC(C)OC(=O)CCCCN. The number of carbonyl (C=O) groups excluding carboxylic acids is 1. The van der Waals surface area contributed by atoms with Gasteiger partial charge in [-0.1, -0.05) is 13.8 Å². The van der Waals surface area contributed by atoms with E-state index in [1.54, 1.807) is 0 Å². The Labute approximate surface area is 87.0 Å². The number of rotatable bonds is 7. The summed E-state index contributed by atoms with van der Waals surface area (Å²) in [4.78, 5) is 11.2. The minimum atomic E-state index is -0.0911. The second-order valence-corrected chi connectivity index (χ2v) is 4.18. The van der Waals surface area contributed by atoms with E-state index in [0.29, 0.717) is 18.9 Å². The number of unbranched alkanes of at least 4 members (excludes halogenated alkanes) is 1. The van der Waals surface area contributed by atoms with Gasteiger partial charge >= 0.3 is 5.97 Å². The van der Waals surface area contributed by atoms with Crippen molar-refractivity contribution >= 4 is 5.97 Å². The molecule has 3 nitrogen and oxygen atoms in total. The van der Waals surface area contributed by atoms with Crippen LogP contribution in [0.2, 0.25) is 0 Å². The Morgan fingerprint density at radius 3 is 2.43 bits per heavy atom. The van der Waals surface area contributed by atoms with Gasteiger partial charge in [0.05, 0.1) is 6.10 Å². The topological polar surface area (TPSA) is 52.3 Å². The Kier molecular flexibility index (Phi) is 7.48. The molecule has 0 amide bonds. The van der Waals surface area contributed by atoms with Gasteiger partial charge in [0.25, 0.3) is 0 Å². The van der Waals surface area contributed by atoms with Crippen LogP contribution in [0, 0.1) is 5.92 Å². The summed E-state index contributed by atoms with van der Waals surface area (Å²) in [5, 5.41) is 0. The van der Waals surface area contributed by atoms with E-state index in [1.165, 1.54) is 0 Å². The quantitative estimate of drug-likeness (QED) is 0.507. The molecule has 0 saturated carbocycles. The molecule has 0 aliphatic rings. The van der Waals surface area contributed by atoms with Crippen LogP contribution in [0.25, 0.3) is 0 Å². The van der Waals surface area contributed by atoms with Gasteiger partial charge in [0.15, 0.2) is 0 Å². The molecule has 0 rings (SSSR count). The molecule has 0 spiro atoms. The standard InChI is InChI=1S/C11H23NO2/c1-9(2)8-10(3)14-11(13)6-4-5-7-12/h9-10H,4-8,12H2,1-3H3. The lowest BCUT2D eigenvalue weighted by atomic mass is 10.1. The van der Waals surface area contributed by atoms with Crippen LogP contribution in [0.4, 0.5) is 0 Å². The molecule has 0 saturated heterocycles. The van der Waals surface area contributed by atoms with Crippen LogP contribution >= 0.6 is 0 Å². The normalized spacial score (nSPS) is 12.9. The highest BCUT2D eigenvalue weighted by Crippen LogP contribution is 2.09. The van der Waals surface area contributed by atoms with Crippen LogP contribution in [0.5, 0.6) is 0 Å². The summed E-state index contributed by atoms with van der Waals surface area (Å²) in [7, 11) is 0. The molecule has 0 heterocycles. The van der Waals surface area contributed by atoms with Gasteiger partial charge in [-0.3, -0.25) is 4.79 Å². The lowest BCUT2D eigenvalue weighted by molar-refractivity contribution is -0.148. The number of hydrogen-bond donors (Lipinski definition) is 1. The van der Waals surface area contributed by atoms with E-state index in [1.807, 2.05) is 6.92 Å². The highest BCUT2D eigenvalue weighted by atomic mass is 16.5. The van der Waals surface area contributed by atoms with Crippen molar-refractivity contribution in [2.24, 2.45) is 11.7 Å². The number of nitrogens with two attached hydrogens (primary N) is 1. The fourth-order valence-electron chi connectivity index (χ4n) is 1.41. The first-order valence-electron chi connectivity index (χ1n) is 5.45. The first-order chi connectivity index (χ1) is 6.56. The summed E-state index contributed by atoms with van der Waals surface area (Å²) in [6.07, 6.45) is 3.21. The molecule has 1 atom stereocenters. The molecule has 1 unspecified atom stereocenters. The van der Waals surface area contributed by atoms with E-state index < -0.39 is 0 Å². The molecular weight excluding hydrogens is 178 g/mol. The first-order valence-corrected chi connectivity index (χ1v) is 5.45. The molecule has 0 aromatic heterocycles. The van der Waals surface area contributed by atoms with Gasteiger partial charge in [-0.05, 0) is 38.6 Å². The Hall–Kier alpha value is -0.570. The van der Waals surface area contributed by atoms with Crippen molar-refractivity contribution in [2.75, 3.05) is 6.54 Å². The second-order valence-electron chi connectivity index (χ2n) is 4.18. The van der Waals surface area contributed by atoms with E-state index >= 15 is 0 Å². The van der Waals surface area contributed by atoms with E-state index in [2.05, 4.69) is 13.8 Å². The number of esters is 1. The number of carbonyl (C=O) groups is 1. The fraction of sp³-hybridized carbons (Fsp3) is 0.909. The van der Waals surface area contributed by atoms with Crippen molar-refractivity contribution in [3.05, 3.63) is 0 Å². The molecule has 84 valence electrons. The molecule has 14 heavy (non-hydrogen) atoms. The molecule has 0 radical (unpaired) electrons. The summed E-state index contributed by atoms with van der Waals surface area (Å²) in [6.45, 7) is 6.84. The molecule has 0 bridgehead atoms. The average molecular weight is 201 g/mol. The van der Waals surface area contributed by atoms with Crippen LogP contribution in [0.3, 0.4) is 0 Å². The molecule has 2 N–H and O–H groups in total. The molecule has 0 aromatic rings. The molecule has 0 aliphatic carbocycles. The minimum Gasteiger partial charge on any atom is -0.463 e. The van der Waals surface area contributed by atoms with Crippen LogP contribution in [-0.2, 0) is 9.53 Å². The minimum absolute atomic E-state index is 0.0420. The van der Waals surface area contributed by atoms with Gasteiger partial charge in [0, 0.05) is 6.42 Å². The van der Waals surface area contributed by atoms with Crippen molar-refractivity contribution < 1.29 is 9.53 Å². The zero-order valence-corrected chi connectivity index (χ0v) is 9.58. The van der Waals surface area contributed by atoms with Gasteiger partial charge in [0.1, 0.15) is 0 Å². The third-order valence-corrected chi connectivity index (χ3v) is 1.97. The van der Waals surface area contributed by atoms with Crippen molar-refractivity contribution in [3.8, 4) is 0 Å². The zero-order chi connectivity index (χ0) is 11.0. The van der Waals surface area contributed by atoms with Gasteiger partial charge in [-0.25, -0.2) is 0 Å². The van der Waals surface area contributed by atoms with E-state index in [4.69, 9.17) is 10.5 Å². The third kappa shape index (κ3) is 8.05. The van der Waals surface area contributed by atoms with Gasteiger partial charge in [0.2, 0.25) is 0 Å². The summed E-state index contributed by atoms with van der Waals surface area (Å²) >= 11 is 0. The van der Waals surface area contributed by atoms with E-state index in [9.17, 15) is 4.79 Å². The molecule has 0 aliphatic heterocycles. The summed E-state index contributed by atoms with van der Waals surface area (Å²) in [5.41, 5.74) is 5.33. The van der Waals surface area contributed by atoms with Crippen molar-refractivity contribution in [1.29, 1.82) is 0 Å². The molecule has 0 aromatic carbocycles. The Morgan fingerprint density at radius 2 is 1.93 bits per heavy atom. The summed E-state index contributed by atoms with van der Waals surface area (Å²) in [6, 6.07) is 0. The Morgan fingerprint density at radius 1 is 1.29 bits per heavy atom. The van der Waals surface area contributed by atoms with Crippen molar-refractivity contribution in [3.63, 3.8) is 0 Å². The smallest absolute Gasteiger partial charge is 0.306 e. The Bertz CT molecular complexity index is 157. The molecular formula is C11H23NO2. The molecule has 0 fully saturated rings. The lowest BCUT2D eigenvalue weighted by Gasteiger charge is -2.14.